The molecule has 1 aliphatic heterocycles. The molecule has 0 aliphatic carbocycles. The average Bonchev–Trinajstić information content (AvgIpc) is 3.13. The number of anilines is 1. The van der Waals surface area contributed by atoms with E-state index in [9.17, 15) is 4.79 Å². The van der Waals surface area contributed by atoms with E-state index < -0.39 is 0 Å². The number of nitrogens with zero attached hydrogens (tertiary/aromatic N) is 2. The monoisotopic (exact) mass is 312 g/mol. The normalized spacial score (nSPS) is 17.0. The third-order valence-electron chi connectivity index (χ3n) is 3.72. The van der Waals surface area contributed by atoms with Gasteiger partial charge in [0.25, 0.3) is 5.91 Å². The number of amides is 1. The summed E-state index contributed by atoms with van der Waals surface area (Å²) in [6, 6.07) is 10.0. The highest BCUT2D eigenvalue weighted by Gasteiger charge is 2.17. The molecule has 23 heavy (non-hydrogen) atoms. The molecule has 0 radical (unpaired) electrons. The average molecular weight is 312 g/mol. The molecule has 6 nitrogen and oxygen atoms in total. The van der Waals surface area contributed by atoms with E-state index in [1.807, 2.05) is 30.3 Å². The third kappa shape index (κ3) is 4.50. The van der Waals surface area contributed by atoms with Crippen molar-refractivity contribution in [2.45, 2.75) is 25.5 Å². The van der Waals surface area contributed by atoms with E-state index >= 15 is 0 Å². The molecule has 1 saturated heterocycles. The van der Waals surface area contributed by atoms with Crippen molar-refractivity contribution in [3.05, 3.63) is 54.0 Å². The molecular weight excluding hydrogens is 292 g/mol. The van der Waals surface area contributed by atoms with Crippen LogP contribution in [0.2, 0.25) is 0 Å². The zero-order valence-corrected chi connectivity index (χ0v) is 12.9. The Balaban J connectivity index is 1.49. The second-order valence-corrected chi connectivity index (χ2v) is 5.47. The SMILES string of the molecule is O=C(NCC1CCCO1)c1cnc(NCc2ccccc2)cn1. The van der Waals surface area contributed by atoms with Gasteiger partial charge in [0.1, 0.15) is 11.5 Å². The van der Waals surface area contributed by atoms with Crippen molar-refractivity contribution in [3.63, 3.8) is 0 Å². The topological polar surface area (TPSA) is 76.1 Å². The van der Waals surface area contributed by atoms with Crippen molar-refractivity contribution in [2.75, 3.05) is 18.5 Å². The van der Waals surface area contributed by atoms with Crippen molar-refractivity contribution in [1.82, 2.24) is 15.3 Å². The first-order chi connectivity index (χ1) is 11.3. The van der Waals surface area contributed by atoms with Gasteiger partial charge in [-0.1, -0.05) is 30.3 Å². The minimum Gasteiger partial charge on any atom is -0.376 e. The zero-order chi connectivity index (χ0) is 15.9. The predicted molar refractivity (Wildman–Crippen MR) is 87.1 cm³/mol. The summed E-state index contributed by atoms with van der Waals surface area (Å²) in [6.45, 7) is 1.97. The quantitative estimate of drug-likeness (QED) is 0.853. The van der Waals surface area contributed by atoms with Crippen molar-refractivity contribution in [1.29, 1.82) is 0 Å². The van der Waals surface area contributed by atoms with E-state index in [0.29, 0.717) is 24.6 Å². The molecule has 6 heteroatoms. The van der Waals surface area contributed by atoms with Crippen LogP contribution in [-0.2, 0) is 11.3 Å². The van der Waals surface area contributed by atoms with Gasteiger partial charge < -0.3 is 15.4 Å². The second-order valence-electron chi connectivity index (χ2n) is 5.47. The summed E-state index contributed by atoms with van der Waals surface area (Å²) in [6.07, 6.45) is 5.23. The van der Waals surface area contributed by atoms with Gasteiger partial charge in [0.2, 0.25) is 0 Å². The van der Waals surface area contributed by atoms with Crippen LogP contribution in [0.4, 0.5) is 5.82 Å². The summed E-state index contributed by atoms with van der Waals surface area (Å²) in [5.41, 5.74) is 1.47. The Morgan fingerprint density at radius 1 is 1.22 bits per heavy atom. The van der Waals surface area contributed by atoms with Crippen LogP contribution < -0.4 is 10.6 Å². The molecule has 3 rings (SSSR count). The molecule has 1 aromatic heterocycles. The Morgan fingerprint density at radius 2 is 2.09 bits per heavy atom. The fourth-order valence-electron chi connectivity index (χ4n) is 2.43. The van der Waals surface area contributed by atoms with Gasteiger partial charge in [-0.15, -0.1) is 0 Å². The number of hydrogen-bond acceptors (Lipinski definition) is 5. The maximum atomic E-state index is 12.0. The first-order valence-electron chi connectivity index (χ1n) is 7.81. The van der Waals surface area contributed by atoms with Gasteiger partial charge in [0.15, 0.2) is 0 Å². The zero-order valence-electron chi connectivity index (χ0n) is 12.9. The van der Waals surface area contributed by atoms with E-state index in [0.717, 1.165) is 25.0 Å². The first-order valence-corrected chi connectivity index (χ1v) is 7.81. The van der Waals surface area contributed by atoms with Crippen LogP contribution in [0.5, 0.6) is 0 Å². The molecule has 1 amide bonds. The molecule has 1 aromatic carbocycles. The number of nitrogens with one attached hydrogen (secondary N) is 2. The van der Waals surface area contributed by atoms with E-state index in [-0.39, 0.29) is 12.0 Å². The molecule has 1 aliphatic rings. The number of carbonyl (C=O) groups is 1. The lowest BCUT2D eigenvalue weighted by atomic mass is 10.2. The smallest absolute Gasteiger partial charge is 0.271 e. The number of benzene rings is 1. The van der Waals surface area contributed by atoms with Crippen LogP contribution in [0.25, 0.3) is 0 Å². The van der Waals surface area contributed by atoms with E-state index in [4.69, 9.17) is 4.74 Å². The Hall–Kier alpha value is -2.47. The maximum Gasteiger partial charge on any atom is 0.271 e. The Kier molecular flexibility index (Phi) is 5.16. The summed E-state index contributed by atoms with van der Waals surface area (Å²) in [7, 11) is 0. The molecular formula is C17H20N4O2. The first kappa shape index (κ1) is 15.4. The Morgan fingerprint density at radius 3 is 2.78 bits per heavy atom. The van der Waals surface area contributed by atoms with Gasteiger partial charge in [0, 0.05) is 19.7 Å². The van der Waals surface area contributed by atoms with Gasteiger partial charge in [-0.2, -0.15) is 0 Å². The van der Waals surface area contributed by atoms with Gasteiger partial charge in [-0.05, 0) is 18.4 Å². The van der Waals surface area contributed by atoms with Gasteiger partial charge in [-0.25, -0.2) is 9.97 Å². The van der Waals surface area contributed by atoms with Gasteiger partial charge >= 0.3 is 0 Å². The number of carbonyl (C=O) groups excluding carboxylic acids is 1. The maximum absolute atomic E-state index is 12.0. The molecule has 1 fully saturated rings. The molecule has 2 heterocycles. The molecule has 0 saturated carbocycles. The molecule has 2 aromatic rings. The molecule has 2 N–H and O–H groups in total. The van der Waals surface area contributed by atoms with Crippen molar-refractivity contribution in [2.24, 2.45) is 0 Å². The highest BCUT2D eigenvalue weighted by molar-refractivity contribution is 5.92. The lowest BCUT2D eigenvalue weighted by Gasteiger charge is -2.10. The lowest BCUT2D eigenvalue weighted by molar-refractivity contribution is 0.0853. The minimum atomic E-state index is -0.220. The van der Waals surface area contributed by atoms with Gasteiger partial charge in [-0.3, -0.25) is 4.79 Å². The van der Waals surface area contributed by atoms with Crippen LogP contribution in [0.15, 0.2) is 42.7 Å². The van der Waals surface area contributed by atoms with Crippen LogP contribution in [0.3, 0.4) is 0 Å². The van der Waals surface area contributed by atoms with Gasteiger partial charge in [0.05, 0.1) is 18.5 Å². The number of aromatic nitrogens is 2. The van der Waals surface area contributed by atoms with E-state index in [1.165, 1.54) is 6.20 Å². The van der Waals surface area contributed by atoms with Crippen LogP contribution >= 0.6 is 0 Å². The number of ether oxygens (including phenoxy) is 1. The molecule has 0 spiro atoms. The van der Waals surface area contributed by atoms with Crippen LogP contribution in [0.1, 0.15) is 28.9 Å². The fraction of sp³-hybridized carbons (Fsp3) is 0.353. The Bertz CT molecular complexity index is 625. The summed E-state index contributed by atoms with van der Waals surface area (Å²) >= 11 is 0. The summed E-state index contributed by atoms with van der Waals surface area (Å²) in [5.74, 6) is 0.423. The largest absolute Gasteiger partial charge is 0.376 e. The molecule has 120 valence electrons. The highest BCUT2D eigenvalue weighted by atomic mass is 16.5. The molecule has 0 bridgehead atoms. The Labute approximate surface area is 135 Å². The van der Waals surface area contributed by atoms with E-state index in [1.54, 1.807) is 6.20 Å². The fourth-order valence-corrected chi connectivity index (χ4v) is 2.43. The minimum absolute atomic E-state index is 0.124. The summed E-state index contributed by atoms with van der Waals surface area (Å²) in [4.78, 5) is 20.4. The number of hydrogen-bond donors (Lipinski definition) is 2. The molecule has 1 atom stereocenters. The summed E-state index contributed by atoms with van der Waals surface area (Å²) < 4.78 is 5.47. The van der Waals surface area contributed by atoms with Crippen molar-refractivity contribution < 1.29 is 9.53 Å². The van der Waals surface area contributed by atoms with Crippen molar-refractivity contribution >= 4 is 11.7 Å². The standard InChI is InChI=1S/C17H20N4O2/c22-17(21-10-14-7-4-8-23-14)15-11-20-16(12-18-15)19-9-13-5-2-1-3-6-13/h1-3,5-6,11-12,14H,4,7-10H2,(H,19,20)(H,21,22). The summed E-state index contributed by atoms with van der Waals surface area (Å²) in [5, 5.41) is 6.01. The molecule has 1 unspecified atom stereocenters. The van der Waals surface area contributed by atoms with E-state index in [2.05, 4.69) is 20.6 Å². The van der Waals surface area contributed by atoms with Crippen molar-refractivity contribution in [3.8, 4) is 0 Å². The van der Waals surface area contributed by atoms with Crippen LogP contribution in [0, 0.1) is 0 Å². The second kappa shape index (κ2) is 7.69. The predicted octanol–water partition coefficient (Wildman–Crippen LogP) is 2.00. The lowest BCUT2D eigenvalue weighted by Crippen LogP contribution is -2.32. The number of rotatable bonds is 6. The third-order valence-corrected chi connectivity index (χ3v) is 3.72. The highest BCUT2D eigenvalue weighted by Crippen LogP contribution is 2.11. The van der Waals surface area contributed by atoms with Crippen LogP contribution in [-0.4, -0.2) is 35.1 Å².